The predicted octanol–water partition coefficient (Wildman–Crippen LogP) is 2.53. The van der Waals surface area contributed by atoms with Crippen molar-refractivity contribution in [1.82, 2.24) is 0 Å². The van der Waals surface area contributed by atoms with Gasteiger partial charge in [0, 0.05) is 15.9 Å². The van der Waals surface area contributed by atoms with Crippen LogP contribution in [0.15, 0.2) is 22.7 Å². The van der Waals surface area contributed by atoms with E-state index >= 15 is 0 Å². The third kappa shape index (κ3) is 1.44. The summed E-state index contributed by atoms with van der Waals surface area (Å²) in [4.78, 5) is 0. The Balaban J connectivity index is 2.42. The molecule has 1 aromatic carbocycles. The molecular formula is C11H14BrNO. The molecule has 14 heavy (non-hydrogen) atoms. The first-order chi connectivity index (χ1) is 6.56. The summed E-state index contributed by atoms with van der Waals surface area (Å²) >= 11 is 3.48. The Labute approximate surface area is 92.3 Å². The highest BCUT2D eigenvalue weighted by Crippen LogP contribution is 2.52. The minimum absolute atomic E-state index is 0.145. The van der Waals surface area contributed by atoms with Gasteiger partial charge in [-0.3, -0.25) is 0 Å². The van der Waals surface area contributed by atoms with Crippen LogP contribution in [0.25, 0.3) is 0 Å². The molecule has 1 fully saturated rings. The average molecular weight is 256 g/mol. The number of hydrogen-bond acceptors (Lipinski definition) is 2. The number of phenols is 1. The number of benzene rings is 1. The average Bonchev–Trinajstić information content (AvgIpc) is 2.84. The lowest BCUT2D eigenvalue weighted by atomic mass is 9.89. The fourth-order valence-electron chi connectivity index (χ4n) is 2.01. The quantitative estimate of drug-likeness (QED) is 0.854. The fraction of sp³-hybridized carbons (Fsp3) is 0.455. The van der Waals surface area contributed by atoms with E-state index in [0.717, 1.165) is 17.3 Å². The molecule has 1 atom stereocenters. The van der Waals surface area contributed by atoms with Crippen LogP contribution in [0.1, 0.15) is 25.3 Å². The molecule has 1 aromatic rings. The summed E-state index contributed by atoms with van der Waals surface area (Å²) in [5, 5.41) is 9.30. The third-order valence-corrected chi connectivity index (χ3v) is 3.81. The lowest BCUT2D eigenvalue weighted by molar-refractivity contribution is 0.473. The van der Waals surface area contributed by atoms with Crippen molar-refractivity contribution in [1.29, 1.82) is 0 Å². The van der Waals surface area contributed by atoms with E-state index in [1.165, 1.54) is 5.56 Å². The van der Waals surface area contributed by atoms with Crippen molar-refractivity contribution in [2.45, 2.75) is 31.2 Å². The standard InChI is InChI=1S/C11H14BrNO/c1-7(13)11(4-5-11)9-3-2-8(14)6-10(9)12/h2-3,6-7,14H,4-5,13H2,1H3. The molecule has 0 bridgehead atoms. The minimum Gasteiger partial charge on any atom is -0.508 e. The Morgan fingerprint density at radius 1 is 1.50 bits per heavy atom. The molecule has 1 saturated carbocycles. The molecule has 1 unspecified atom stereocenters. The van der Waals surface area contributed by atoms with E-state index in [1.807, 2.05) is 13.0 Å². The zero-order chi connectivity index (χ0) is 10.3. The lowest BCUT2D eigenvalue weighted by Crippen LogP contribution is -2.31. The lowest BCUT2D eigenvalue weighted by Gasteiger charge is -2.21. The number of halogens is 1. The fourth-order valence-corrected chi connectivity index (χ4v) is 2.77. The number of phenolic OH excluding ortho intramolecular Hbond substituents is 1. The van der Waals surface area contributed by atoms with Gasteiger partial charge in [-0.1, -0.05) is 22.0 Å². The molecule has 3 heteroatoms. The summed E-state index contributed by atoms with van der Waals surface area (Å²) in [6, 6.07) is 5.60. The topological polar surface area (TPSA) is 46.2 Å². The van der Waals surface area contributed by atoms with Crippen LogP contribution >= 0.6 is 15.9 Å². The Morgan fingerprint density at radius 2 is 2.14 bits per heavy atom. The highest BCUT2D eigenvalue weighted by Gasteiger charge is 2.48. The van der Waals surface area contributed by atoms with Gasteiger partial charge in [0.15, 0.2) is 0 Å². The third-order valence-electron chi connectivity index (χ3n) is 3.15. The number of aromatic hydroxyl groups is 1. The molecule has 0 radical (unpaired) electrons. The van der Waals surface area contributed by atoms with Crippen LogP contribution in [0.5, 0.6) is 5.75 Å². The molecular weight excluding hydrogens is 242 g/mol. The molecule has 1 aliphatic rings. The van der Waals surface area contributed by atoms with E-state index < -0.39 is 0 Å². The zero-order valence-electron chi connectivity index (χ0n) is 8.13. The molecule has 0 aliphatic heterocycles. The molecule has 0 aromatic heterocycles. The van der Waals surface area contributed by atoms with Gasteiger partial charge < -0.3 is 10.8 Å². The maximum absolute atomic E-state index is 9.30. The second-order valence-corrected chi connectivity index (χ2v) is 4.96. The van der Waals surface area contributed by atoms with Crippen molar-refractivity contribution in [3.63, 3.8) is 0 Å². The van der Waals surface area contributed by atoms with Gasteiger partial charge in [-0.05, 0) is 37.5 Å². The van der Waals surface area contributed by atoms with Gasteiger partial charge in [-0.2, -0.15) is 0 Å². The van der Waals surface area contributed by atoms with E-state index in [1.54, 1.807) is 12.1 Å². The summed E-state index contributed by atoms with van der Waals surface area (Å²) in [5.74, 6) is 0.293. The van der Waals surface area contributed by atoms with Crippen molar-refractivity contribution >= 4 is 15.9 Å². The predicted molar refractivity (Wildman–Crippen MR) is 60.4 cm³/mol. The molecule has 76 valence electrons. The van der Waals surface area contributed by atoms with E-state index in [-0.39, 0.29) is 11.5 Å². The Hall–Kier alpha value is -0.540. The molecule has 2 nitrogen and oxygen atoms in total. The summed E-state index contributed by atoms with van der Waals surface area (Å²) in [7, 11) is 0. The molecule has 0 spiro atoms. The maximum atomic E-state index is 9.30. The SMILES string of the molecule is CC(N)C1(c2ccc(O)cc2Br)CC1. The van der Waals surface area contributed by atoms with Crippen LogP contribution in [0.2, 0.25) is 0 Å². The van der Waals surface area contributed by atoms with Gasteiger partial charge in [-0.25, -0.2) is 0 Å². The summed E-state index contributed by atoms with van der Waals surface area (Å²) in [5.41, 5.74) is 7.36. The Kier molecular flexibility index (Phi) is 2.32. The normalized spacial score (nSPS) is 20.5. The second-order valence-electron chi connectivity index (χ2n) is 4.11. The second kappa shape index (κ2) is 3.24. The first-order valence-corrected chi connectivity index (χ1v) is 5.60. The van der Waals surface area contributed by atoms with Crippen molar-refractivity contribution in [3.8, 4) is 5.75 Å². The van der Waals surface area contributed by atoms with Crippen LogP contribution in [-0.2, 0) is 5.41 Å². The van der Waals surface area contributed by atoms with Crippen molar-refractivity contribution in [2.75, 3.05) is 0 Å². The van der Waals surface area contributed by atoms with Gasteiger partial charge in [0.1, 0.15) is 5.75 Å². The molecule has 1 aliphatic carbocycles. The van der Waals surface area contributed by atoms with Crippen LogP contribution in [0.3, 0.4) is 0 Å². The van der Waals surface area contributed by atoms with E-state index in [0.29, 0.717) is 5.75 Å². The molecule has 2 rings (SSSR count). The maximum Gasteiger partial charge on any atom is 0.116 e. The van der Waals surface area contributed by atoms with Crippen LogP contribution in [0, 0.1) is 0 Å². The summed E-state index contributed by atoms with van der Waals surface area (Å²) in [6.07, 6.45) is 2.29. The first-order valence-electron chi connectivity index (χ1n) is 4.81. The molecule has 0 heterocycles. The molecule has 3 N–H and O–H groups in total. The van der Waals surface area contributed by atoms with Crippen LogP contribution in [0.4, 0.5) is 0 Å². The van der Waals surface area contributed by atoms with Gasteiger partial charge in [0.2, 0.25) is 0 Å². The molecule has 0 saturated heterocycles. The van der Waals surface area contributed by atoms with E-state index in [4.69, 9.17) is 5.73 Å². The van der Waals surface area contributed by atoms with Crippen molar-refractivity contribution < 1.29 is 5.11 Å². The zero-order valence-corrected chi connectivity index (χ0v) is 9.71. The van der Waals surface area contributed by atoms with Gasteiger partial charge in [0.05, 0.1) is 0 Å². The molecule has 0 amide bonds. The van der Waals surface area contributed by atoms with Gasteiger partial charge in [0.25, 0.3) is 0 Å². The van der Waals surface area contributed by atoms with Crippen LogP contribution in [-0.4, -0.2) is 11.1 Å². The number of hydrogen-bond donors (Lipinski definition) is 2. The largest absolute Gasteiger partial charge is 0.508 e. The van der Waals surface area contributed by atoms with Gasteiger partial charge in [-0.15, -0.1) is 0 Å². The van der Waals surface area contributed by atoms with E-state index in [9.17, 15) is 5.11 Å². The summed E-state index contributed by atoms with van der Waals surface area (Å²) < 4.78 is 0.965. The summed E-state index contributed by atoms with van der Waals surface area (Å²) in [6.45, 7) is 2.05. The first kappa shape index (κ1) is 9.99. The monoisotopic (exact) mass is 255 g/mol. The highest BCUT2D eigenvalue weighted by atomic mass is 79.9. The van der Waals surface area contributed by atoms with Crippen molar-refractivity contribution in [3.05, 3.63) is 28.2 Å². The number of rotatable bonds is 2. The minimum atomic E-state index is 0.145. The van der Waals surface area contributed by atoms with Gasteiger partial charge >= 0.3 is 0 Å². The van der Waals surface area contributed by atoms with E-state index in [2.05, 4.69) is 15.9 Å². The Morgan fingerprint density at radius 3 is 2.57 bits per heavy atom. The Bertz CT molecular complexity index is 358. The number of nitrogens with two attached hydrogens (primary N) is 1. The van der Waals surface area contributed by atoms with Crippen molar-refractivity contribution in [2.24, 2.45) is 5.73 Å². The highest BCUT2D eigenvalue weighted by molar-refractivity contribution is 9.10. The smallest absolute Gasteiger partial charge is 0.116 e. The van der Waals surface area contributed by atoms with Crippen LogP contribution < -0.4 is 5.73 Å².